The summed E-state index contributed by atoms with van der Waals surface area (Å²) in [6.45, 7) is 0. The maximum atomic E-state index is 9.10. The molecule has 16 N–H and O–H groups in total. The van der Waals surface area contributed by atoms with Crippen LogP contribution in [-0.4, -0.2) is 93.8 Å². The van der Waals surface area contributed by atoms with Gasteiger partial charge in [0.05, 0.1) is 0 Å². The zero-order chi connectivity index (χ0) is 15.5. The molecule has 0 aliphatic rings. The zero-order valence-electron chi connectivity index (χ0n) is 11.3. The summed E-state index contributed by atoms with van der Waals surface area (Å²) >= 11 is 0. The second-order valence-corrected chi connectivity index (χ2v) is 1.83. The Kier molecular flexibility index (Phi) is 100. The molecule has 0 rings (SSSR count). The summed E-state index contributed by atoms with van der Waals surface area (Å²) in [5.74, 6) is -10.9. The largest absolute Gasteiger partial charge is 0.473 e. The first-order valence-electron chi connectivity index (χ1n) is 3.32. The molecule has 19 heteroatoms. The van der Waals surface area contributed by atoms with Crippen LogP contribution in [0.1, 0.15) is 0 Å². The Morgan fingerprint density at radius 3 is 0.360 bits per heavy atom. The summed E-state index contributed by atoms with van der Waals surface area (Å²) in [6, 6.07) is 0. The molecule has 0 amide bonds. The number of carbonyl (C=O) groups is 6. The van der Waals surface area contributed by atoms with Crippen molar-refractivity contribution in [3.63, 3.8) is 0 Å². The SMILES string of the molecule is O.O.O.O.O.O=C(O)C(=O)O.O=C(O)C(=O)O.O=C(O)C(=O)O.[Fe].[Fe]. The van der Waals surface area contributed by atoms with E-state index in [1.165, 1.54) is 0 Å². The monoisotopic (exact) mass is 472 g/mol. The minimum Gasteiger partial charge on any atom is -0.473 e. The van der Waals surface area contributed by atoms with Crippen molar-refractivity contribution in [2.45, 2.75) is 0 Å². The first-order chi connectivity index (χ1) is 7.93. The van der Waals surface area contributed by atoms with Gasteiger partial charge in [-0.05, 0) is 0 Å². The summed E-state index contributed by atoms with van der Waals surface area (Å²) in [7, 11) is 0. The van der Waals surface area contributed by atoms with E-state index in [1.54, 1.807) is 0 Å². The van der Waals surface area contributed by atoms with Crippen LogP contribution >= 0.6 is 0 Å². The summed E-state index contributed by atoms with van der Waals surface area (Å²) in [5.41, 5.74) is 0. The molecule has 0 aromatic carbocycles. The standard InChI is InChI=1S/3C2H2O4.2Fe.5H2O/c3*3-1(4)2(5)6;;;;;;;/h3*(H,3,4)(H,5,6);;;5*1H2. The van der Waals surface area contributed by atoms with Gasteiger partial charge in [-0.25, -0.2) is 28.8 Å². The van der Waals surface area contributed by atoms with Crippen LogP contribution < -0.4 is 0 Å². The topological polar surface area (TPSA) is 381 Å². The van der Waals surface area contributed by atoms with E-state index in [2.05, 4.69) is 0 Å². The van der Waals surface area contributed by atoms with Crippen molar-refractivity contribution in [1.82, 2.24) is 0 Å². The molecule has 0 atom stereocenters. The maximum absolute atomic E-state index is 9.10. The van der Waals surface area contributed by atoms with Gasteiger partial charge in [-0.2, -0.15) is 0 Å². The van der Waals surface area contributed by atoms with Crippen molar-refractivity contribution >= 4 is 35.8 Å². The van der Waals surface area contributed by atoms with E-state index in [-0.39, 0.29) is 61.5 Å². The van der Waals surface area contributed by atoms with E-state index >= 15 is 0 Å². The van der Waals surface area contributed by atoms with Gasteiger partial charge in [-0.15, -0.1) is 0 Å². The Bertz CT molecular complexity index is 284. The molecule has 158 valence electrons. The number of hydrogen-bond acceptors (Lipinski definition) is 6. The van der Waals surface area contributed by atoms with Gasteiger partial charge in [-0.1, -0.05) is 0 Å². The molecule has 0 aliphatic heterocycles. The van der Waals surface area contributed by atoms with E-state index in [9.17, 15) is 0 Å². The predicted molar refractivity (Wildman–Crippen MR) is 63.9 cm³/mol. The van der Waals surface area contributed by atoms with Crippen LogP contribution in [0.5, 0.6) is 0 Å². The van der Waals surface area contributed by atoms with Gasteiger partial charge in [0.2, 0.25) is 0 Å². The maximum Gasteiger partial charge on any atom is 0.414 e. The third-order valence-electron chi connectivity index (χ3n) is 0.549. The van der Waals surface area contributed by atoms with Crippen molar-refractivity contribution in [2.75, 3.05) is 0 Å². The van der Waals surface area contributed by atoms with Crippen LogP contribution in [0, 0.1) is 0 Å². The summed E-state index contributed by atoms with van der Waals surface area (Å²) in [4.78, 5) is 54.6. The Morgan fingerprint density at radius 1 is 0.320 bits per heavy atom. The molecule has 0 spiro atoms. The van der Waals surface area contributed by atoms with Crippen LogP contribution in [0.15, 0.2) is 0 Å². The first kappa shape index (κ1) is 66.3. The van der Waals surface area contributed by atoms with Crippen LogP contribution in [0.2, 0.25) is 0 Å². The number of hydrogen-bond donors (Lipinski definition) is 6. The van der Waals surface area contributed by atoms with Crippen molar-refractivity contribution in [3.05, 3.63) is 0 Å². The molecule has 0 aliphatic carbocycles. The average molecular weight is 472 g/mol. The molecular weight excluding hydrogens is 456 g/mol. The van der Waals surface area contributed by atoms with Crippen molar-refractivity contribution < 1.29 is 121 Å². The molecule has 0 aromatic heterocycles. The van der Waals surface area contributed by atoms with E-state index in [0.717, 1.165) is 0 Å². The van der Waals surface area contributed by atoms with Gasteiger partial charge in [0.1, 0.15) is 0 Å². The van der Waals surface area contributed by atoms with E-state index < -0.39 is 35.8 Å². The quantitative estimate of drug-likeness (QED) is 0.141. The molecule has 0 fully saturated rings. The molecular formula is C6H16Fe2O17. The molecule has 0 saturated carbocycles. The first-order valence-corrected chi connectivity index (χ1v) is 3.32. The Balaban J connectivity index is -0.0000000148. The fourth-order valence-electron chi connectivity index (χ4n) is 0. The van der Waals surface area contributed by atoms with E-state index in [0.29, 0.717) is 0 Å². The second kappa shape index (κ2) is 37.7. The van der Waals surface area contributed by atoms with Crippen LogP contribution in [0.3, 0.4) is 0 Å². The second-order valence-electron chi connectivity index (χ2n) is 1.83. The van der Waals surface area contributed by atoms with Crippen LogP contribution in [0.25, 0.3) is 0 Å². The molecule has 0 unspecified atom stereocenters. The minimum atomic E-state index is -1.82. The third kappa shape index (κ3) is 89.7. The molecule has 0 aromatic rings. The van der Waals surface area contributed by atoms with Crippen molar-refractivity contribution in [1.29, 1.82) is 0 Å². The fraction of sp³-hybridized carbons (Fsp3) is 0. The summed E-state index contributed by atoms with van der Waals surface area (Å²) < 4.78 is 0. The van der Waals surface area contributed by atoms with Gasteiger partial charge in [0, 0.05) is 34.1 Å². The molecule has 0 saturated heterocycles. The number of carboxylic acids is 6. The smallest absolute Gasteiger partial charge is 0.414 e. The average Bonchev–Trinajstić information content (AvgIpc) is 2.18. The van der Waals surface area contributed by atoms with Gasteiger partial charge >= 0.3 is 35.8 Å². The van der Waals surface area contributed by atoms with Crippen molar-refractivity contribution in [2.24, 2.45) is 0 Å². The number of aliphatic carboxylic acids is 6. The molecule has 0 radical (unpaired) electrons. The molecule has 0 heterocycles. The minimum absolute atomic E-state index is 0. The summed E-state index contributed by atoms with van der Waals surface area (Å²) in [5, 5.41) is 44.3. The van der Waals surface area contributed by atoms with E-state index in [1.807, 2.05) is 0 Å². The van der Waals surface area contributed by atoms with Gasteiger partial charge in [-0.3, -0.25) is 0 Å². The normalized spacial score (nSPS) is 5.28. The van der Waals surface area contributed by atoms with Gasteiger partial charge < -0.3 is 58.0 Å². The van der Waals surface area contributed by atoms with Crippen LogP contribution in [-0.2, 0) is 62.9 Å². The molecule has 25 heavy (non-hydrogen) atoms. The molecule has 0 bridgehead atoms. The van der Waals surface area contributed by atoms with Crippen LogP contribution in [0.4, 0.5) is 0 Å². The van der Waals surface area contributed by atoms with Gasteiger partial charge in [0.15, 0.2) is 0 Å². The zero-order valence-corrected chi connectivity index (χ0v) is 13.5. The Labute approximate surface area is 157 Å². The predicted octanol–water partition coefficient (Wildman–Crippen LogP) is -6.66. The summed E-state index contributed by atoms with van der Waals surface area (Å²) in [6.07, 6.45) is 0. The Morgan fingerprint density at radius 2 is 0.360 bits per heavy atom. The third-order valence-corrected chi connectivity index (χ3v) is 0.549. The fourth-order valence-corrected chi connectivity index (χ4v) is 0. The number of rotatable bonds is 0. The van der Waals surface area contributed by atoms with Gasteiger partial charge in [0.25, 0.3) is 0 Å². The molecule has 17 nitrogen and oxygen atoms in total. The Hall–Kier alpha value is -2.34. The van der Waals surface area contributed by atoms with E-state index in [4.69, 9.17) is 59.4 Å². The van der Waals surface area contributed by atoms with Crippen molar-refractivity contribution in [3.8, 4) is 0 Å². The number of carboxylic acid groups (broad SMARTS) is 6.